The van der Waals surface area contributed by atoms with E-state index in [1.54, 1.807) is 13.8 Å². The zero-order valence-electron chi connectivity index (χ0n) is 11.8. The molecule has 0 spiro atoms. The Morgan fingerprint density at radius 1 is 1.11 bits per heavy atom. The van der Waals surface area contributed by atoms with Crippen molar-refractivity contribution in [1.29, 1.82) is 0 Å². The number of nitrogens with zero attached hydrogens (tertiary/aromatic N) is 2. The van der Waals surface area contributed by atoms with Crippen molar-refractivity contribution in [2.45, 2.75) is 44.9 Å². The summed E-state index contributed by atoms with van der Waals surface area (Å²) < 4.78 is 39.1. The zero-order valence-corrected chi connectivity index (χ0v) is 11.8. The number of alkyl halides is 3. The minimum absolute atomic E-state index is 0.328. The molecule has 2 atom stereocenters. The minimum atomic E-state index is -4.26. The molecule has 18 heavy (non-hydrogen) atoms. The lowest BCUT2D eigenvalue weighted by molar-refractivity contribution is -0.189. The Hall–Kier alpha value is -0.330. The maximum Gasteiger partial charge on any atom is 0.405 e. The van der Waals surface area contributed by atoms with Crippen LogP contribution in [0.1, 0.15) is 26.7 Å². The predicted molar refractivity (Wildman–Crippen MR) is 68.5 cm³/mol. The van der Waals surface area contributed by atoms with Gasteiger partial charge >= 0.3 is 6.18 Å². The Bertz CT molecular complexity index is 219. The second-order valence-electron chi connectivity index (χ2n) is 4.84. The van der Waals surface area contributed by atoms with E-state index in [0.717, 1.165) is 6.54 Å². The molecule has 0 saturated carbocycles. The molecule has 0 rings (SSSR count). The average Bonchev–Trinajstić information content (AvgIpc) is 2.24. The van der Waals surface area contributed by atoms with E-state index in [4.69, 9.17) is 5.73 Å². The third-order valence-corrected chi connectivity index (χ3v) is 3.06. The van der Waals surface area contributed by atoms with Crippen molar-refractivity contribution in [3.63, 3.8) is 0 Å². The van der Waals surface area contributed by atoms with Gasteiger partial charge in [-0.15, -0.1) is 0 Å². The molecule has 0 heterocycles. The van der Waals surface area contributed by atoms with Gasteiger partial charge in [-0.05, 0) is 40.0 Å². The van der Waals surface area contributed by atoms with Gasteiger partial charge in [0.1, 0.15) is 6.04 Å². The van der Waals surface area contributed by atoms with Gasteiger partial charge in [0.15, 0.2) is 0 Å². The third-order valence-electron chi connectivity index (χ3n) is 3.06. The highest BCUT2D eigenvalue weighted by Crippen LogP contribution is 2.27. The van der Waals surface area contributed by atoms with E-state index in [1.165, 1.54) is 4.90 Å². The predicted octanol–water partition coefficient (Wildman–Crippen LogP) is 1.93. The Morgan fingerprint density at radius 2 is 1.67 bits per heavy atom. The molecule has 0 fully saturated rings. The number of hydrogen-bond donors (Lipinski definition) is 1. The van der Waals surface area contributed by atoms with Gasteiger partial charge in [0, 0.05) is 12.6 Å². The van der Waals surface area contributed by atoms with Crippen LogP contribution in [0.4, 0.5) is 13.2 Å². The van der Waals surface area contributed by atoms with Gasteiger partial charge in [-0.3, -0.25) is 4.90 Å². The van der Waals surface area contributed by atoms with Gasteiger partial charge in [0.25, 0.3) is 0 Å². The van der Waals surface area contributed by atoms with Crippen molar-refractivity contribution >= 4 is 0 Å². The highest BCUT2D eigenvalue weighted by atomic mass is 19.4. The van der Waals surface area contributed by atoms with E-state index in [0.29, 0.717) is 25.9 Å². The van der Waals surface area contributed by atoms with Crippen LogP contribution in [0.5, 0.6) is 0 Å². The summed E-state index contributed by atoms with van der Waals surface area (Å²) in [7, 11) is 3.82. The second-order valence-corrected chi connectivity index (χ2v) is 4.84. The molecule has 0 aromatic rings. The topological polar surface area (TPSA) is 32.5 Å². The van der Waals surface area contributed by atoms with Crippen LogP contribution < -0.4 is 5.73 Å². The molecule has 0 aromatic heterocycles. The minimum Gasteiger partial charge on any atom is -0.326 e. The van der Waals surface area contributed by atoms with Crippen LogP contribution in [0.2, 0.25) is 0 Å². The van der Waals surface area contributed by atoms with Crippen LogP contribution in [0.25, 0.3) is 0 Å². The molecule has 0 bridgehead atoms. The normalized spacial score (nSPS) is 16.3. The van der Waals surface area contributed by atoms with Gasteiger partial charge in [-0.1, -0.05) is 13.8 Å². The highest BCUT2D eigenvalue weighted by molar-refractivity contribution is 4.87. The SMILES string of the molecule is CCC(N)C(N(CC)CCCN(C)C)C(F)(F)F. The van der Waals surface area contributed by atoms with Gasteiger partial charge in [-0.25, -0.2) is 0 Å². The summed E-state index contributed by atoms with van der Waals surface area (Å²) in [4.78, 5) is 3.41. The van der Waals surface area contributed by atoms with Crippen molar-refractivity contribution in [3.8, 4) is 0 Å². The van der Waals surface area contributed by atoms with E-state index < -0.39 is 18.3 Å². The number of hydrogen-bond acceptors (Lipinski definition) is 3. The summed E-state index contributed by atoms with van der Waals surface area (Å²) >= 11 is 0. The summed E-state index contributed by atoms with van der Waals surface area (Å²) in [5.41, 5.74) is 5.64. The average molecular weight is 269 g/mol. The molecular weight excluding hydrogens is 243 g/mol. The fourth-order valence-corrected chi connectivity index (χ4v) is 2.03. The van der Waals surface area contributed by atoms with Crippen molar-refractivity contribution < 1.29 is 13.2 Å². The summed E-state index contributed by atoms with van der Waals surface area (Å²) in [5.74, 6) is 0. The van der Waals surface area contributed by atoms with Crippen molar-refractivity contribution in [1.82, 2.24) is 9.80 Å². The number of likely N-dealkylation sites (N-methyl/N-ethyl adjacent to an activating group) is 1. The fourth-order valence-electron chi connectivity index (χ4n) is 2.03. The lowest BCUT2D eigenvalue weighted by Crippen LogP contribution is -2.56. The maximum absolute atomic E-state index is 13.0. The second kappa shape index (κ2) is 7.96. The molecule has 6 heteroatoms. The molecule has 0 aromatic carbocycles. The van der Waals surface area contributed by atoms with Crippen LogP contribution in [0.15, 0.2) is 0 Å². The Morgan fingerprint density at radius 3 is 2.00 bits per heavy atom. The largest absolute Gasteiger partial charge is 0.405 e. The smallest absolute Gasteiger partial charge is 0.326 e. The Labute approximate surface area is 108 Å². The summed E-state index contributed by atoms with van der Waals surface area (Å²) in [6.07, 6.45) is -3.22. The van der Waals surface area contributed by atoms with Gasteiger partial charge < -0.3 is 10.6 Å². The van der Waals surface area contributed by atoms with E-state index in [9.17, 15) is 13.2 Å². The Kier molecular flexibility index (Phi) is 7.82. The molecule has 3 nitrogen and oxygen atoms in total. The molecule has 0 aliphatic rings. The lowest BCUT2D eigenvalue weighted by atomic mass is 10.0. The van der Waals surface area contributed by atoms with E-state index in [-0.39, 0.29) is 0 Å². The molecular formula is C12H26F3N3. The molecule has 0 radical (unpaired) electrons. The first-order chi connectivity index (χ1) is 8.23. The maximum atomic E-state index is 13.0. The monoisotopic (exact) mass is 269 g/mol. The van der Waals surface area contributed by atoms with Crippen LogP contribution in [-0.2, 0) is 0 Å². The zero-order chi connectivity index (χ0) is 14.3. The van der Waals surface area contributed by atoms with Crippen LogP contribution in [0, 0.1) is 0 Å². The first kappa shape index (κ1) is 17.7. The van der Waals surface area contributed by atoms with Crippen LogP contribution in [0.3, 0.4) is 0 Å². The van der Waals surface area contributed by atoms with Crippen molar-refractivity contribution in [2.75, 3.05) is 33.7 Å². The number of nitrogens with two attached hydrogens (primary N) is 1. The Balaban J connectivity index is 4.62. The molecule has 110 valence electrons. The molecule has 0 amide bonds. The molecule has 0 aliphatic heterocycles. The fraction of sp³-hybridized carbons (Fsp3) is 1.00. The molecule has 2 unspecified atom stereocenters. The van der Waals surface area contributed by atoms with Gasteiger partial charge in [-0.2, -0.15) is 13.2 Å². The van der Waals surface area contributed by atoms with Crippen LogP contribution in [-0.4, -0.2) is 61.8 Å². The van der Waals surface area contributed by atoms with E-state index in [1.807, 2.05) is 19.0 Å². The summed E-state index contributed by atoms with van der Waals surface area (Å²) in [6, 6.07) is -2.39. The molecule has 2 N–H and O–H groups in total. The standard InChI is InChI=1S/C12H26F3N3/c1-5-10(16)11(12(13,14)15)18(6-2)9-7-8-17(3)4/h10-11H,5-9,16H2,1-4H3. The quantitative estimate of drug-likeness (QED) is 0.731. The summed E-state index contributed by atoms with van der Waals surface area (Å²) in [5, 5.41) is 0. The first-order valence-electron chi connectivity index (χ1n) is 6.45. The molecule has 0 aliphatic carbocycles. The lowest BCUT2D eigenvalue weighted by Gasteiger charge is -2.36. The number of rotatable bonds is 8. The summed E-state index contributed by atoms with van der Waals surface area (Å²) in [6.45, 7) is 5.01. The van der Waals surface area contributed by atoms with Gasteiger partial charge in [0.05, 0.1) is 0 Å². The molecule has 0 saturated heterocycles. The van der Waals surface area contributed by atoms with Crippen molar-refractivity contribution in [2.24, 2.45) is 5.73 Å². The van der Waals surface area contributed by atoms with Gasteiger partial charge in [0.2, 0.25) is 0 Å². The highest BCUT2D eigenvalue weighted by Gasteiger charge is 2.45. The van der Waals surface area contributed by atoms with Crippen LogP contribution >= 0.6 is 0 Å². The third kappa shape index (κ3) is 6.02. The van der Waals surface area contributed by atoms with Crippen molar-refractivity contribution in [3.05, 3.63) is 0 Å². The van der Waals surface area contributed by atoms with E-state index >= 15 is 0 Å². The number of halogens is 3. The van der Waals surface area contributed by atoms with E-state index in [2.05, 4.69) is 0 Å². The first-order valence-corrected chi connectivity index (χ1v) is 6.45.